The zero-order valence-electron chi connectivity index (χ0n) is 16.4. The molecule has 0 radical (unpaired) electrons. The van der Waals surface area contributed by atoms with Crippen LogP contribution in [0.25, 0.3) is 11.4 Å². The van der Waals surface area contributed by atoms with Gasteiger partial charge in [0.2, 0.25) is 5.82 Å². The fourth-order valence-electron chi connectivity index (χ4n) is 2.60. The Labute approximate surface area is 182 Å². The van der Waals surface area contributed by atoms with Gasteiger partial charge in [-0.1, -0.05) is 18.5 Å². The van der Waals surface area contributed by atoms with E-state index in [0.717, 1.165) is 10.5 Å². The Bertz CT molecular complexity index is 1010. The smallest absolute Gasteiger partial charge is 0.333 e. The highest BCUT2D eigenvalue weighted by Crippen LogP contribution is 2.19. The Hall–Kier alpha value is -2.91. The van der Waals surface area contributed by atoms with Crippen LogP contribution in [0.3, 0.4) is 0 Å². The first-order chi connectivity index (χ1) is 14.5. The van der Waals surface area contributed by atoms with Gasteiger partial charge in [-0.3, -0.25) is 4.79 Å². The van der Waals surface area contributed by atoms with Crippen molar-refractivity contribution in [2.45, 2.75) is 24.3 Å². The number of ether oxygens (including phenoxy) is 1. The molecule has 156 valence electrons. The van der Waals surface area contributed by atoms with Gasteiger partial charge in [-0.25, -0.2) is 4.79 Å². The number of benzene rings is 2. The Morgan fingerprint density at radius 1 is 1.17 bits per heavy atom. The summed E-state index contributed by atoms with van der Waals surface area (Å²) in [4.78, 5) is 26.8. The number of hydrogen-bond acceptors (Lipinski definition) is 7. The highest BCUT2D eigenvalue weighted by atomic mass is 35.5. The number of carbonyl (C=O) groups is 2. The molecular weight excluding hydrogens is 426 g/mol. The average Bonchev–Trinajstić information content (AvgIpc) is 3.23. The Kier molecular flexibility index (Phi) is 7.42. The van der Waals surface area contributed by atoms with Gasteiger partial charge >= 0.3 is 5.97 Å². The number of rotatable bonds is 8. The number of halogens is 1. The van der Waals surface area contributed by atoms with Crippen LogP contribution >= 0.6 is 23.4 Å². The minimum Gasteiger partial charge on any atom is -0.454 e. The highest BCUT2D eigenvalue weighted by molar-refractivity contribution is 7.98. The second-order valence-corrected chi connectivity index (χ2v) is 7.56. The number of aromatic nitrogens is 4. The number of nitrogens with zero attached hydrogens (tertiary/aromatic N) is 4. The fourth-order valence-corrected chi connectivity index (χ4v) is 3.13. The highest BCUT2D eigenvalue weighted by Gasteiger charge is 2.24. The molecular formula is C20H20ClN5O3S. The number of hydrogen-bond donors (Lipinski definition) is 1. The third kappa shape index (κ3) is 5.58. The first kappa shape index (κ1) is 21.8. The number of esters is 1. The number of thioether (sulfide) groups is 1. The summed E-state index contributed by atoms with van der Waals surface area (Å²) in [6, 6.07) is 13.6. The van der Waals surface area contributed by atoms with Crippen LogP contribution in [0.2, 0.25) is 5.02 Å². The molecule has 1 aromatic heterocycles. The lowest BCUT2D eigenvalue weighted by atomic mass is 10.2. The van der Waals surface area contributed by atoms with Gasteiger partial charge in [0, 0.05) is 21.2 Å². The number of amides is 1. The summed E-state index contributed by atoms with van der Waals surface area (Å²) in [6.45, 7) is 1.39. The molecule has 0 aliphatic heterocycles. The summed E-state index contributed by atoms with van der Waals surface area (Å²) in [5.41, 5.74) is 1.35. The zero-order valence-corrected chi connectivity index (χ0v) is 18.0. The van der Waals surface area contributed by atoms with E-state index in [1.165, 1.54) is 4.80 Å². The molecule has 30 heavy (non-hydrogen) atoms. The first-order valence-electron chi connectivity index (χ1n) is 9.16. The van der Waals surface area contributed by atoms with Crippen molar-refractivity contribution >= 4 is 40.9 Å². The molecule has 0 fully saturated rings. The maximum Gasteiger partial charge on any atom is 0.333 e. The van der Waals surface area contributed by atoms with Crippen LogP contribution < -0.4 is 5.32 Å². The van der Waals surface area contributed by atoms with Crippen LogP contribution in [0, 0.1) is 0 Å². The lowest BCUT2D eigenvalue weighted by molar-refractivity contribution is -0.151. The van der Waals surface area contributed by atoms with Crippen LogP contribution in [0.15, 0.2) is 53.4 Å². The van der Waals surface area contributed by atoms with Gasteiger partial charge in [0.1, 0.15) is 0 Å². The predicted octanol–water partition coefficient (Wildman–Crippen LogP) is 3.85. The Morgan fingerprint density at radius 3 is 2.50 bits per heavy atom. The summed E-state index contributed by atoms with van der Waals surface area (Å²) < 4.78 is 5.16. The third-order valence-corrected chi connectivity index (χ3v) is 5.18. The van der Waals surface area contributed by atoms with Crippen molar-refractivity contribution in [2.24, 2.45) is 0 Å². The van der Waals surface area contributed by atoms with E-state index in [1.54, 1.807) is 55.1 Å². The van der Waals surface area contributed by atoms with Crippen molar-refractivity contribution in [3.8, 4) is 11.4 Å². The zero-order chi connectivity index (χ0) is 21.5. The monoisotopic (exact) mass is 445 g/mol. The summed E-state index contributed by atoms with van der Waals surface area (Å²) in [5, 5.41) is 15.5. The van der Waals surface area contributed by atoms with Gasteiger partial charge in [0.25, 0.3) is 5.91 Å². The molecule has 0 aliphatic carbocycles. The van der Waals surface area contributed by atoms with Crippen LogP contribution in [0.4, 0.5) is 5.69 Å². The normalized spacial score (nSPS) is 11.7. The van der Waals surface area contributed by atoms with Gasteiger partial charge in [-0.15, -0.1) is 26.8 Å². The van der Waals surface area contributed by atoms with Crippen LogP contribution in [0.1, 0.15) is 19.4 Å². The van der Waals surface area contributed by atoms with Gasteiger partial charge in [-0.05, 0) is 66.4 Å². The molecule has 0 saturated heterocycles. The number of carbonyl (C=O) groups excluding carboxylic acids is 2. The van der Waals surface area contributed by atoms with Crippen molar-refractivity contribution in [1.82, 2.24) is 20.2 Å². The summed E-state index contributed by atoms with van der Waals surface area (Å²) in [6.07, 6.45) is 2.35. The second kappa shape index (κ2) is 10.2. The Balaban J connectivity index is 1.58. The molecule has 0 saturated carbocycles. The summed E-state index contributed by atoms with van der Waals surface area (Å²) >= 11 is 7.50. The predicted molar refractivity (Wildman–Crippen MR) is 115 cm³/mol. The van der Waals surface area contributed by atoms with Crippen molar-refractivity contribution in [3.05, 3.63) is 53.6 Å². The van der Waals surface area contributed by atoms with Gasteiger partial charge in [0.05, 0.1) is 0 Å². The van der Waals surface area contributed by atoms with Crippen LogP contribution in [-0.4, -0.2) is 44.9 Å². The molecule has 1 atom stereocenters. The molecule has 0 spiro atoms. The quantitative estimate of drug-likeness (QED) is 0.415. The molecule has 8 nitrogen and oxygen atoms in total. The van der Waals surface area contributed by atoms with Gasteiger partial charge in [-0.2, -0.15) is 0 Å². The molecule has 10 heteroatoms. The maximum atomic E-state index is 12.5. The van der Waals surface area contributed by atoms with E-state index >= 15 is 0 Å². The van der Waals surface area contributed by atoms with Crippen molar-refractivity contribution < 1.29 is 14.3 Å². The SMILES string of the molecule is CCC(C(=O)OCC(=O)Nc1ccc(SC)cc1)n1nnc(-c2ccc(Cl)cc2)n1. The molecule has 1 N–H and O–H groups in total. The van der Waals surface area contributed by atoms with Crippen LogP contribution in [0.5, 0.6) is 0 Å². The van der Waals surface area contributed by atoms with Gasteiger partial charge in [0.15, 0.2) is 12.6 Å². The van der Waals surface area contributed by atoms with Crippen molar-refractivity contribution in [1.29, 1.82) is 0 Å². The standard InChI is InChI=1S/C20H20ClN5O3S/c1-3-17(26-24-19(23-25-26)13-4-6-14(21)7-5-13)20(28)29-12-18(27)22-15-8-10-16(30-2)11-9-15/h4-11,17H,3,12H2,1-2H3,(H,22,27). The minimum atomic E-state index is -0.785. The topological polar surface area (TPSA) is 99.0 Å². The number of anilines is 1. The molecule has 3 aromatic rings. The molecule has 0 bridgehead atoms. The van der Waals surface area contributed by atoms with Crippen LogP contribution in [-0.2, 0) is 14.3 Å². The molecule has 1 heterocycles. The third-order valence-electron chi connectivity index (χ3n) is 4.19. The molecule has 2 aromatic carbocycles. The largest absolute Gasteiger partial charge is 0.454 e. The summed E-state index contributed by atoms with van der Waals surface area (Å²) in [5.74, 6) is -0.668. The first-order valence-corrected chi connectivity index (χ1v) is 10.8. The number of tetrazole rings is 1. The second-order valence-electron chi connectivity index (χ2n) is 6.25. The van der Waals surface area contributed by atoms with Gasteiger partial charge < -0.3 is 10.1 Å². The van der Waals surface area contributed by atoms with Crippen molar-refractivity contribution in [3.63, 3.8) is 0 Å². The fraction of sp³-hybridized carbons (Fsp3) is 0.250. The van der Waals surface area contributed by atoms with E-state index in [1.807, 2.05) is 18.4 Å². The lowest BCUT2D eigenvalue weighted by Crippen LogP contribution is -2.27. The van der Waals surface area contributed by atoms with E-state index < -0.39 is 24.5 Å². The van der Waals surface area contributed by atoms with E-state index in [-0.39, 0.29) is 0 Å². The summed E-state index contributed by atoms with van der Waals surface area (Å²) in [7, 11) is 0. The number of nitrogens with one attached hydrogen (secondary N) is 1. The maximum absolute atomic E-state index is 12.5. The van der Waals surface area contributed by atoms with Crippen molar-refractivity contribution in [2.75, 3.05) is 18.2 Å². The molecule has 3 rings (SSSR count). The average molecular weight is 446 g/mol. The minimum absolute atomic E-state index is 0.365. The van der Waals surface area contributed by atoms with E-state index in [0.29, 0.717) is 23.0 Å². The lowest BCUT2D eigenvalue weighted by Gasteiger charge is -2.12. The Morgan fingerprint density at radius 2 is 1.87 bits per heavy atom. The molecule has 1 amide bonds. The van der Waals surface area contributed by atoms with E-state index in [9.17, 15) is 9.59 Å². The molecule has 0 aliphatic rings. The molecule has 1 unspecified atom stereocenters. The van der Waals surface area contributed by atoms with E-state index in [4.69, 9.17) is 16.3 Å². The van der Waals surface area contributed by atoms with E-state index in [2.05, 4.69) is 20.7 Å².